The predicted octanol–water partition coefficient (Wildman–Crippen LogP) is 0.760. The zero-order valence-electron chi connectivity index (χ0n) is 8.25. The van der Waals surface area contributed by atoms with Gasteiger partial charge in [-0.2, -0.15) is 0 Å². The molecular weight excluding hydrogens is 248 g/mol. The second-order valence-electron chi connectivity index (χ2n) is 2.98. The quantitative estimate of drug-likeness (QED) is 0.628. The van der Waals surface area contributed by atoms with Crippen LogP contribution in [0.2, 0.25) is 0 Å². The van der Waals surface area contributed by atoms with E-state index in [-0.39, 0.29) is 5.78 Å². The third-order valence-electron chi connectivity index (χ3n) is 1.88. The molecule has 0 radical (unpaired) electrons. The van der Waals surface area contributed by atoms with Crippen LogP contribution in [-0.4, -0.2) is 34.4 Å². The van der Waals surface area contributed by atoms with Gasteiger partial charge < -0.3 is 5.32 Å². The molecule has 0 atom stereocenters. The molecule has 1 aromatic rings. The van der Waals surface area contributed by atoms with Crippen LogP contribution in [0.4, 0.5) is 0 Å². The summed E-state index contributed by atoms with van der Waals surface area (Å²) in [6.07, 6.45) is 1.34. The fraction of sp³-hybridized carbons (Fsp3) is 0.625. The molecule has 0 aliphatic rings. The molecule has 1 heterocycles. The lowest BCUT2D eigenvalue weighted by atomic mass is 10.2. The van der Waals surface area contributed by atoms with E-state index in [1.807, 2.05) is 7.05 Å². The van der Waals surface area contributed by atoms with Gasteiger partial charge in [-0.25, -0.2) is 4.68 Å². The first-order valence-electron chi connectivity index (χ1n) is 4.39. The fourth-order valence-electron chi connectivity index (χ4n) is 1.17. The third-order valence-corrected chi connectivity index (χ3v) is 2.41. The molecular formula is C8H13BrN4O. The van der Waals surface area contributed by atoms with E-state index in [0.29, 0.717) is 16.7 Å². The number of nitrogens with one attached hydrogen (secondary N) is 1. The number of nitrogens with zero attached hydrogens (tertiary/aromatic N) is 3. The number of hydrogen-bond acceptors (Lipinski definition) is 4. The first-order valence-corrected chi connectivity index (χ1v) is 5.19. The van der Waals surface area contributed by atoms with Crippen LogP contribution in [0, 0.1) is 0 Å². The van der Waals surface area contributed by atoms with E-state index >= 15 is 0 Å². The van der Waals surface area contributed by atoms with Crippen molar-refractivity contribution in [3.63, 3.8) is 0 Å². The van der Waals surface area contributed by atoms with Crippen LogP contribution in [0.15, 0.2) is 4.60 Å². The largest absolute Gasteiger partial charge is 0.320 e. The first kappa shape index (κ1) is 11.3. The highest BCUT2D eigenvalue weighted by Gasteiger charge is 2.15. The SMILES string of the molecule is CNCCCC(=O)c1c(Br)nnn1C. The van der Waals surface area contributed by atoms with E-state index < -0.39 is 0 Å². The van der Waals surface area contributed by atoms with Gasteiger partial charge >= 0.3 is 0 Å². The summed E-state index contributed by atoms with van der Waals surface area (Å²) in [6, 6.07) is 0. The highest BCUT2D eigenvalue weighted by Crippen LogP contribution is 2.14. The van der Waals surface area contributed by atoms with Gasteiger partial charge in [0, 0.05) is 13.5 Å². The lowest BCUT2D eigenvalue weighted by molar-refractivity contribution is 0.0970. The monoisotopic (exact) mass is 260 g/mol. The molecule has 0 fully saturated rings. The van der Waals surface area contributed by atoms with Gasteiger partial charge in [0.25, 0.3) is 0 Å². The predicted molar refractivity (Wildman–Crippen MR) is 56.2 cm³/mol. The number of rotatable bonds is 5. The maximum absolute atomic E-state index is 11.7. The second-order valence-corrected chi connectivity index (χ2v) is 3.73. The van der Waals surface area contributed by atoms with Gasteiger partial charge in [-0.15, -0.1) is 5.10 Å². The van der Waals surface area contributed by atoms with Gasteiger partial charge in [0.1, 0.15) is 5.69 Å². The van der Waals surface area contributed by atoms with E-state index in [2.05, 4.69) is 31.6 Å². The minimum atomic E-state index is 0.0691. The molecule has 0 bridgehead atoms. The molecule has 0 saturated carbocycles. The smallest absolute Gasteiger partial charge is 0.183 e. The first-order chi connectivity index (χ1) is 6.66. The molecule has 78 valence electrons. The molecule has 14 heavy (non-hydrogen) atoms. The normalized spacial score (nSPS) is 10.5. The average Bonchev–Trinajstić information content (AvgIpc) is 2.46. The Labute approximate surface area is 91.0 Å². The Hall–Kier alpha value is -0.750. The molecule has 1 rings (SSSR count). The molecule has 0 spiro atoms. The number of carbonyl (C=O) groups excluding carboxylic acids is 1. The summed E-state index contributed by atoms with van der Waals surface area (Å²) in [4.78, 5) is 11.7. The maximum Gasteiger partial charge on any atom is 0.183 e. The Morgan fingerprint density at radius 3 is 2.86 bits per heavy atom. The van der Waals surface area contributed by atoms with Gasteiger partial charge in [-0.3, -0.25) is 4.79 Å². The van der Waals surface area contributed by atoms with Crippen molar-refractivity contribution in [2.45, 2.75) is 12.8 Å². The Bertz CT molecular complexity index is 304. The van der Waals surface area contributed by atoms with Crippen molar-refractivity contribution in [2.24, 2.45) is 7.05 Å². The van der Waals surface area contributed by atoms with Crippen molar-refractivity contribution in [1.29, 1.82) is 0 Å². The number of aryl methyl sites for hydroxylation is 1. The minimum Gasteiger partial charge on any atom is -0.320 e. The molecule has 0 amide bonds. The van der Waals surface area contributed by atoms with E-state index in [4.69, 9.17) is 0 Å². The molecule has 1 N–H and O–H groups in total. The summed E-state index contributed by atoms with van der Waals surface area (Å²) in [7, 11) is 3.58. The summed E-state index contributed by atoms with van der Waals surface area (Å²) in [5.74, 6) is 0.0691. The maximum atomic E-state index is 11.7. The topological polar surface area (TPSA) is 59.8 Å². The second kappa shape index (κ2) is 5.21. The van der Waals surface area contributed by atoms with Gasteiger partial charge in [0.15, 0.2) is 10.4 Å². The zero-order chi connectivity index (χ0) is 10.6. The summed E-state index contributed by atoms with van der Waals surface area (Å²) in [5, 5.41) is 10.5. The fourth-order valence-corrected chi connectivity index (χ4v) is 1.72. The van der Waals surface area contributed by atoms with Crippen LogP contribution in [-0.2, 0) is 7.05 Å². The van der Waals surface area contributed by atoms with Crippen molar-refractivity contribution in [3.8, 4) is 0 Å². The van der Waals surface area contributed by atoms with E-state index in [9.17, 15) is 4.79 Å². The van der Waals surface area contributed by atoms with Crippen LogP contribution in [0.3, 0.4) is 0 Å². The van der Waals surface area contributed by atoms with Crippen molar-refractivity contribution < 1.29 is 4.79 Å². The Morgan fingerprint density at radius 1 is 1.64 bits per heavy atom. The van der Waals surface area contributed by atoms with Gasteiger partial charge in [-0.05, 0) is 35.9 Å². The Kier molecular flexibility index (Phi) is 4.21. The number of hydrogen-bond donors (Lipinski definition) is 1. The lowest BCUT2D eigenvalue weighted by Crippen LogP contribution is -2.12. The molecule has 0 aliphatic heterocycles. The molecule has 0 unspecified atom stereocenters. The number of carbonyl (C=O) groups is 1. The van der Waals surface area contributed by atoms with Gasteiger partial charge in [0.05, 0.1) is 0 Å². The molecule has 5 nitrogen and oxygen atoms in total. The molecule has 0 saturated heterocycles. The van der Waals surface area contributed by atoms with Crippen molar-refractivity contribution in [2.75, 3.05) is 13.6 Å². The van der Waals surface area contributed by atoms with E-state index in [1.54, 1.807) is 7.05 Å². The Morgan fingerprint density at radius 2 is 2.36 bits per heavy atom. The highest BCUT2D eigenvalue weighted by molar-refractivity contribution is 9.10. The number of Topliss-reactive ketones (excluding diaryl/α,β-unsaturated/α-hetero) is 1. The summed E-state index contributed by atoms with van der Waals surface area (Å²) in [6.45, 7) is 0.842. The third kappa shape index (κ3) is 2.62. The van der Waals surface area contributed by atoms with E-state index in [0.717, 1.165) is 13.0 Å². The minimum absolute atomic E-state index is 0.0691. The van der Waals surface area contributed by atoms with Crippen molar-refractivity contribution >= 4 is 21.7 Å². The number of aromatic nitrogens is 3. The highest BCUT2D eigenvalue weighted by atomic mass is 79.9. The van der Waals surface area contributed by atoms with Gasteiger partial charge in [0.2, 0.25) is 0 Å². The van der Waals surface area contributed by atoms with Crippen LogP contribution >= 0.6 is 15.9 Å². The van der Waals surface area contributed by atoms with Crippen LogP contribution in [0.25, 0.3) is 0 Å². The molecule has 0 aromatic carbocycles. The summed E-state index contributed by atoms with van der Waals surface area (Å²) in [5.41, 5.74) is 0.543. The van der Waals surface area contributed by atoms with Crippen LogP contribution in [0.1, 0.15) is 23.3 Å². The molecule has 6 heteroatoms. The van der Waals surface area contributed by atoms with E-state index in [1.165, 1.54) is 4.68 Å². The number of ketones is 1. The standard InChI is InChI=1S/C8H13BrN4O/c1-10-5-3-4-6(14)7-8(9)11-12-13(7)2/h10H,3-5H2,1-2H3. The van der Waals surface area contributed by atoms with Crippen molar-refractivity contribution in [3.05, 3.63) is 10.3 Å². The summed E-state index contributed by atoms with van der Waals surface area (Å²) < 4.78 is 2.01. The van der Waals surface area contributed by atoms with Crippen LogP contribution in [0.5, 0.6) is 0 Å². The van der Waals surface area contributed by atoms with Crippen molar-refractivity contribution in [1.82, 2.24) is 20.3 Å². The lowest BCUT2D eigenvalue weighted by Gasteiger charge is -2.00. The summed E-state index contributed by atoms with van der Waals surface area (Å²) >= 11 is 3.20. The van der Waals surface area contributed by atoms with Gasteiger partial charge in [-0.1, -0.05) is 5.21 Å². The Balaban J connectivity index is 2.60. The average molecular weight is 261 g/mol. The zero-order valence-corrected chi connectivity index (χ0v) is 9.84. The molecule has 0 aliphatic carbocycles. The molecule has 1 aromatic heterocycles. The number of halogens is 1. The van der Waals surface area contributed by atoms with Crippen LogP contribution < -0.4 is 5.32 Å².